The SMILES string of the molecule is Cc1ccncc1CNC(=O)C(F)(F)C(F)(F)F. The van der Waals surface area contributed by atoms with Crippen LogP contribution in [0.5, 0.6) is 0 Å². The molecule has 1 aromatic rings. The van der Waals surface area contributed by atoms with E-state index in [4.69, 9.17) is 0 Å². The van der Waals surface area contributed by atoms with Gasteiger partial charge in [0.1, 0.15) is 0 Å². The fourth-order valence-electron chi connectivity index (χ4n) is 1.10. The van der Waals surface area contributed by atoms with Crippen LogP contribution in [0.2, 0.25) is 0 Å². The molecule has 0 saturated carbocycles. The molecule has 0 spiro atoms. The molecule has 8 heteroatoms. The molecule has 0 aliphatic carbocycles. The number of nitrogens with zero attached hydrogens (tertiary/aromatic N) is 1. The summed E-state index contributed by atoms with van der Waals surface area (Å²) in [4.78, 5) is 14.5. The lowest BCUT2D eigenvalue weighted by molar-refractivity contribution is -0.269. The van der Waals surface area contributed by atoms with E-state index in [1.54, 1.807) is 13.0 Å². The molecule has 0 aromatic carbocycles. The van der Waals surface area contributed by atoms with E-state index in [9.17, 15) is 26.7 Å². The van der Waals surface area contributed by atoms with Crippen LogP contribution in [0, 0.1) is 6.92 Å². The van der Waals surface area contributed by atoms with Gasteiger partial charge in [0.25, 0.3) is 0 Å². The lowest BCUT2D eigenvalue weighted by atomic mass is 10.1. The first kappa shape index (κ1) is 14.3. The van der Waals surface area contributed by atoms with Crippen molar-refractivity contribution in [2.75, 3.05) is 0 Å². The number of rotatable bonds is 3. The molecule has 0 atom stereocenters. The van der Waals surface area contributed by atoms with Gasteiger partial charge >= 0.3 is 18.0 Å². The van der Waals surface area contributed by atoms with Gasteiger partial charge in [-0.2, -0.15) is 22.0 Å². The van der Waals surface area contributed by atoms with Crippen molar-refractivity contribution in [3.05, 3.63) is 29.6 Å². The average Bonchev–Trinajstić information content (AvgIpc) is 2.26. The fraction of sp³-hybridized carbons (Fsp3) is 0.400. The zero-order chi connectivity index (χ0) is 14.0. The van der Waals surface area contributed by atoms with Gasteiger partial charge in [-0.25, -0.2) is 0 Å². The molecule has 0 saturated heterocycles. The van der Waals surface area contributed by atoms with E-state index in [2.05, 4.69) is 4.98 Å². The minimum absolute atomic E-state index is 0.365. The Kier molecular flexibility index (Phi) is 3.88. The average molecular weight is 268 g/mol. The Morgan fingerprint density at radius 1 is 1.33 bits per heavy atom. The summed E-state index contributed by atoms with van der Waals surface area (Å²) in [5.74, 6) is -7.78. The molecule has 18 heavy (non-hydrogen) atoms. The van der Waals surface area contributed by atoms with Crippen LogP contribution in [0.1, 0.15) is 11.1 Å². The van der Waals surface area contributed by atoms with E-state index in [1.807, 2.05) is 0 Å². The molecule has 0 radical (unpaired) electrons. The second-order valence-electron chi connectivity index (χ2n) is 3.56. The van der Waals surface area contributed by atoms with Crippen molar-refractivity contribution >= 4 is 5.91 Å². The monoisotopic (exact) mass is 268 g/mol. The first-order valence-electron chi connectivity index (χ1n) is 4.78. The molecule has 1 rings (SSSR count). The molecular formula is C10H9F5N2O. The summed E-state index contributed by atoms with van der Waals surface area (Å²) in [6.45, 7) is 1.18. The maximum atomic E-state index is 12.6. The Balaban J connectivity index is 2.71. The number of alkyl halides is 5. The van der Waals surface area contributed by atoms with Gasteiger partial charge in [0, 0.05) is 18.9 Å². The molecule has 0 bridgehead atoms. The van der Waals surface area contributed by atoms with Crippen LogP contribution in [0.15, 0.2) is 18.5 Å². The van der Waals surface area contributed by atoms with Crippen LogP contribution in [0.25, 0.3) is 0 Å². The van der Waals surface area contributed by atoms with Crippen molar-refractivity contribution in [2.45, 2.75) is 25.6 Å². The van der Waals surface area contributed by atoms with E-state index in [0.717, 1.165) is 0 Å². The number of aryl methyl sites for hydroxylation is 1. The Bertz CT molecular complexity index is 444. The number of carbonyl (C=O) groups is 1. The summed E-state index contributed by atoms with van der Waals surface area (Å²) in [7, 11) is 0. The molecule has 0 unspecified atom stereocenters. The Labute approximate surface area is 99.0 Å². The molecule has 1 heterocycles. The quantitative estimate of drug-likeness (QED) is 0.854. The van der Waals surface area contributed by atoms with Gasteiger partial charge in [-0.1, -0.05) is 0 Å². The van der Waals surface area contributed by atoms with Crippen molar-refractivity contribution in [2.24, 2.45) is 0 Å². The summed E-state index contributed by atoms with van der Waals surface area (Å²) in [5, 5.41) is 1.54. The van der Waals surface area contributed by atoms with Crippen molar-refractivity contribution in [3.8, 4) is 0 Å². The normalized spacial score (nSPS) is 12.3. The zero-order valence-electron chi connectivity index (χ0n) is 9.18. The van der Waals surface area contributed by atoms with Gasteiger partial charge in [-0.15, -0.1) is 0 Å². The molecule has 100 valence electrons. The number of amides is 1. The van der Waals surface area contributed by atoms with Crippen LogP contribution >= 0.6 is 0 Å². The minimum Gasteiger partial charge on any atom is -0.346 e. The highest BCUT2D eigenvalue weighted by atomic mass is 19.4. The van der Waals surface area contributed by atoms with Crippen LogP contribution < -0.4 is 5.32 Å². The van der Waals surface area contributed by atoms with E-state index >= 15 is 0 Å². The standard InChI is InChI=1S/C10H9F5N2O/c1-6-2-3-16-4-7(6)5-17-8(18)9(11,12)10(13,14)15/h2-4H,5H2,1H3,(H,17,18). The molecule has 3 nitrogen and oxygen atoms in total. The topological polar surface area (TPSA) is 42.0 Å². The van der Waals surface area contributed by atoms with Crippen molar-refractivity contribution in [1.82, 2.24) is 10.3 Å². The van der Waals surface area contributed by atoms with Crippen molar-refractivity contribution in [3.63, 3.8) is 0 Å². The molecule has 1 amide bonds. The van der Waals surface area contributed by atoms with Crippen molar-refractivity contribution in [1.29, 1.82) is 0 Å². The molecule has 1 aromatic heterocycles. The Morgan fingerprint density at radius 2 is 1.94 bits per heavy atom. The predicted molar refractivity (Wildman–Crippen MR) is 51.8 cm³/mol. The number of carbonyl (C=O) groups excluding carboxylic acids is 1. The molecular weight excluding hydrogens is 259 g/mol. The van der Waals surface area contributed by atoms with Gasteiger partial charge in [-0.3, -0.25) is 9.78 Å². The van der Waals surface area contributed by atoms with Crippen LogP contribution in [0.4, 0.5) is 22.0 Å². The number of aromatic nitrogens is 1. The van der Waals surface area contributed by atoms with Gasteiger partial charge < -0.3 is 5.32 Å². The molecule has 1 N–H and O–H groups in total. The third-order valence-electron chi connectivity index (χ3n) is 2.23. The maximum absolute atomic E-state index is 12.6. The second kappa shape index (κ2) is 4.87. The lowest BCUT2D eigenvalue weighted by Gasteiger charge is -2.18. The third kappa shape index (κ3) is 2.93. The lowest BCUT2D eigenvalue weighted by Crippen LogP contribution is -2.50. The highest BCUT2D eigenvalue weighted by molar-refractivity contribution is 5.84. The number of nitrogens with one attached hydrogen (secondary N) is 1. The first-order valence-corrected chi connectivity index (χ1v) is 4.78. The summed E-state index contributed by atoms with van der Waals surface area (Å²) < 4.78 is 60.7. The van der Waals surface area contributed by atoms with Gasteiger partial charge in [0.05, 0.1) is 0 Å². The largest absolute Gasteiger partial charge is 0.463 e. The summed E-state index contributed by atoms with van der Waals surface area (Å²) >= 11 is 0. The Hall–Kier alpha value is -1.73. The van der Waals surface area contributed by atoms with Gasteiger partial charge in [0.2, 0.25) is 0 Å². The second-order valence-corrected chi connectivity index (χ2v) is 3.56. The summed E-state index contributed by atoms with van der Waals surface area (Å²) in [6.07, 6.45) is -3.19. The number of hydrogen-bond donors (Lipinski definition) is 1. The molecule has 0 aliphatic heterocycles. The van der Waals surface area contributed by atoms with Crippen LogP contribution in [-0.2, 0) is 11.3 Å². The van der Waals surface area contributed by atoms with Gasteiger partial charge in [-0.05, 0) is 24.1 Å². The highest BCUT2D eigenvalue weighted by Gasteiger charge is 2.63. The minimum atomic E-state index is -5.90. The fourth-order valence-corrected chi connectivity index (χ4v) is 1.10. The Morgan fingerprint density at radius 3 is 2.44 bits per heavy atom. The van der Waals surface area contributed by atoms with E-state index < -0.39 is 24.6 Å². The molecule has 0 fully saturated rings. The summed E-state index contributed by atoms with van der Waals surface area (Å²) in [5.41, 5.74) is 0.990. The third-order valence-corrected chi connectivity index (χ3v) is 2.23. The summed E-state index contributed by atoms with van der Waals surface area (Å²) in [6, 6.07) is 1.55. The first-order chi connectivity index (χ1) is 8.16. The zero-order valence-corrected chi connectivity index (χ0v) is 9.18. The van der Waals surface area contributed by atoms with Gasteiger partial charge in [0.15, 0.2) is 0 Å². The maximum Gasteiger partial charge on any atom is 0.463 e. The highest BCUT2D eigenvalue weighted by Crippen LogP contribution is 2.35. The molecule has 0 aliphatic rings. The number of hydrogen-bond acceptors (Lipinski definition) is 2. The van der Waals surface area contributed by atoms with E-state index in [-0.39, 0.29) is 0 Å². The van der Waals surface area contributed by atoms with Crippen LogP contribution in [-0.4, -0.2) is 23.0 Å². The van der Waals surface area contributed by atoms with E-state index in [0.29, 0.717) is 11.1 Å². The predicted octanol–water partition coefficient (Wildman–Crippen LogP) is 2.20. The van der Waals surface area contributed by atoms with E-state index in [1.165, 1.54) is 17.7 Å². The smallest absolute Gasteiger partial charge is 0.346 e. The van der Waals surface area contributed by atoms with Crippen molar-refractivity contribution < 1.29 is 26.7 Å². The number of pyridine rings is 1. The van der Waals surface area contributed by atoms with Crippen LogP contribution in [0.3, 0.4) is 0 Å². The number of halogens is 5.